The molecule has 0 unspecified atom stereocenters. The molecular formula is C19H17N3O2. The summed E-state index contributed by atoms with van der Waals surface area (Å²) in [6.07, 6.45) is 1.75. The Hall–Kier alpha value is -3.26. The van der Waals surface area contributed by atoms with Crippen LogP contribution in [0.1, 0.15) is 18.3 Å². The van der Waals surface area contributed by atoms with Gasteiger partial charge in [0, 0.05) is 6.54 Å². The molecule has 5 nitrogen and oxygen atoms in total. The summed E-state index contributed by atoms with van der Waals surface area (Å²) < 4.78 is 7.13. The van der Waals surface area contributed by atoms with Crippen molar-refractivity contribution in [1.29, 1.82) is 5.26 Å². The molecule has 1 N–H and O–H groups in total. The number of methoxy groups -OCH3 is 1. The zero-order valence-corrected chi connectivity index (χ0v) is 13.5. The number of nitriles is 1. The van der Waals surface area contributed by atoms with Gasteiger partial charge in [0.1, 0.15) is 6.07 Å². The largest absolute Gasteiger partial charge is 0.504 e. The summed E-state index contributed by atoms with van der Waals surface area (Å²) in [5.74, 6) is 1.06. The average Bonchev–Trinajstić information content (AvgIpc) is 2.99. The number of phenols is 1. The molecule has 0 fully saturated rings. The molecule has 3 aromatic rings. The fourth-order valence-corrected chi connectivity index (χ4v) is 2.70. The van der Waals surface area contributed by atoms with Crippen LogP contribution in [0.25, 0.3) is 22.7 Å². The molecular weight excluding hydrogens is 302 g/mol. The number of ether oxygens (including phenoxy) is 1. The van der Waals surface area contributed by atoms with Gasteiger partial charge in [0.25, 0.3) is 0 Å². The van der Waals surface area contributed by atoms with Crippen LogP contribution in [0.5, 0.6) is 11.5 Å². The summed E-state index contributed by atoms with van der Waals surface area (Å²) >= 11 is 0. The second kappa shape index (κ2) is 6.47. The number of nitrogens with zero attached hydrogens (tertiary/aromatic N) is 3. The van der Waals surface area contributed by atoms with Gasteiger partial charge in [0.2, 0.25) is 0 Å². The van der Waals surface area contributed by atoms with Gasteiger partial charge in [-0.1, -0.05) is 18.2 Å². The minimum atomic E-state index is 0.0638. The summed E-state index contributed by atoms with van der Waals surface area (Å²) in [4.78, 5) is 4.60. The number of para-hydroxylation sites is 2. The van der Waals surface area contributed by atoms with Crippen LogP contribution in [0.2, 0.25) is 0 Å². The van der Waals surface area contributed by atoms with Crippen molar-refractivity contribution in [2.75, 3.05) is 7.11 Å². The number of imidazole rings is 1. The molecule has 0 spiro atoms. The van der Waals surface area contributed by atoms with Crippen molar-refractivity contribution in [2.24, 2.45) is 0 Å². The number of aryl methyl sites for hydroxylation is 1. The number of benzene rings is 2. The Morgan fingerprint density at radius 2 is 2.12 bits per heavy atom. The van der Waals surface area contributed by atoms with E-state index in [2.05, 4.69) is 11.1 Å². The fraction of sp³-hybridized carbons (Fsp3) is 0.158. The fourth-order valence-electron chi connectivity index (χ4n) is 2.70. The molecule has 0 aliphatic heterocycles. The van der Waals surface area contributed by atoms with E-state index in [1.165, 1.54) is 7.11 Å². The monoisotopic (exact) mass is 319 g/mol. The predicted octanol–water partition coefficient (Wildman–Crippen LogP) is 3.83. The number of phenolic OH excluding ortho intramolecular Hbond substituents is 1. The van der Waals surface area contributed by atoms with E-state index in [1.807, 2.05) is 35.8 Å². The molecule has 0 saturated carbocycles. The van der Waals surface area contributed by atoms with E-state index >= 15 is 0 Å². The summed E-state index contributed by atoms with van der Waals surface area (Å²) in [5, 5.41) is 19.3. The number of hydrogen-bond donors (Lipinski definition) is 1. The van der Waals surface area contributed by atoms with Gasteiger partial charge < -0.3 is 14.4 Å². The molecule has 0 aliphatic rings. The van der Waals surface area contributed by atoms with Crippen LogP contribution in [-0.4, -0.2) is 21.8 Å². The zero-order chi connectivity index (χ0) is 17.1. The second-order valence-corrected chi connectivity index (χ2v) is 5.27. The summed E-state index contributed by atoms with van der Waals surface area (Å²) in [7, 11) is 1.49. The standard InChI is InChI=1S/C19H17N3O2/c1-3-22-16-7-5-4-6-15(16)21-19(22)14(12-20)10-13-8-9-17(23)18(11-13)24-2/h4-11,23H,3H2,1-2H3/b14-10-. The van der Waals surface area contributed by atoms with Gasteiger partial charge in [-0.2, -0.15) is 5.26 Å². The maximum Gasteiger partial charge on any atom is 0.161 e. The average molecular weight is 319 g/mol. The normalized spacial score (nSPS) is 11.5. The minimum Gasteiger partial charge on any atom is -0.504 e. The Morgan fingerprint density at radius 1 is 1.33 bits per heavy atom. The molecule has 0 atom stereocenters. The summed E-state index contributed by atoms with van der Waals surface area (Å²) in [6.45, 7) is 2.74. The number of rotatable bonds is 4. The first-order valence-electron chi connectivity index (χ1n) is 7.62. The SMILES string of the molecule is CCn1c(/C(C#N)=C\c2ccc(O)c(OC)c2)nc2ccccc21. The van der Waals surface area contributed by atoms with Crippen LogP contribution in [0.15, 0.2) is 42.5 Å². The molecule has 3 rings (SSSR count). The van der Waals surface area contributed by atoms with Crippen LogP contribution in [0, 0.1) is 11.3 Å². The van der Waals surface area contributed by atoms with Crippen molar-refractivity contribution < 1.29 is 9.84 Å². The summed E-state index contributed by atoms with van der Waals surface area (Å²) in [6, 6.07) is 15.0. The van der Waals surface area contributed by atoms with Crippen LogP contribution in [-0.2, 0) is 6.54 Å². The molecule has 5 heteroatoms. The Labute approximate surface area is 140 Å². The molecule has 0 radical (unpaired) electrons. The van der Waals surface area contributed by atoms with E-state index in [0.717, 1.165) is 16.6 Å². The maximum absolute atomic E-state index is 9.69. The van der Waals surface area contributed by atoms with Crippen molar-refractivity contribution in [2.45, 2.75) is 13.5 Å². The highest BCUT2D eigenvalue weighted by molar-refractivity contribution is 5.91. The van der Waals surface area contributed by atoms with E-state index in [0.29, 0.717) is 23.7 Å². The van der Waals surface area contributed by atoms with E-state index < -0.39 is 0 Å². The molecule has 0 amide bonds. The quantitative estimate of drug-likeness (QED) is 0.742. The number of fused-ring (bicyclic) bond motifs is 1. The first-order chi connectivity index (χ1) is 11.7. The zero-order valence-electron chi connectivity index (χ0n) is 13.5. The van der Waals surface area contributed by atoms with Gasteiger partial charge in [0.05, 0.1) is 23.7 Å². The first kappa shape index (κ1) is 15.6. The van der Waals surface area contributed by atoms with Gasteiger partial charge in [-0.15, -0.1) is 0 Å². The molecule has 2 aromatic carbocycles. The van der Waals surface area contributed by atoms with Crippen LogP contribution < -0.4 is 4.74 Å². The van der Waals surface area contributed by atoms with Gasteiger partial charge in [-0.25, -0.2) is 4.98 Å². The second-order valence-electron chi connectivity index (χ2n) is 5.27. The van der Waals surface area contributed by atoms with Gasteiger partial charge >= 0.3 is 0 Å². The molecule has 0 saturated heterocycles. The lowest BCUT2D eigenvalue weighted by Crippen LogP contribution is -2.00. The lowest BCUT2D eigenvalue weighted by molar-refractivity contribution is 0.373. The van der Waals surface area contributed by atoms with E-state index in [-0.39, 0.29) is 5.75 Å². The third kappa shape index (κ3) is 2.70. The molecule has 1 heterocycles. The smallest absolute Gasteiger partial charge is 0.161 e. The Balaban J connectivity index is 2.14. The molecule has 120 valence electrons. The van der Waals surface area contributed by atoms with E-state index in [4.69, 9.17) is 4.74 Å². The Morgan fingerprint density at radius 3 is 2.83 bits per heavy atom. The highest BCUT2D eigenvalue weighted by Gasteiger charge is 2.13. The van der Waals surface area contributed by atoms with Gasteiger partial charge in [-0.3, -0.25) is 0 Å². The lowest BCUT2D eigenvalue weighted by Gasteiger charge is -2.06. The molecule has 0 aliphatic carbocycles. The number of allylic oxidation sites excluding steroid dienone is 1. The Bertz CT molecular complexity index is 964. The highest BCUT2D eigenvalue weighted by Crippen LogP contribution is 2.29. The summed E-state index contributed by atoms with van der Waals surface area (Å²) in [5.41, 5.74) is 3.08. The number of aromatic nitrogens is 2. The number of aromatic hydroxyl groups is 1. The number of hydrogen-bond acceptors (Lipinski definition) is 4. The Kier molecular flexibility index (Phi) is 4.21. The van der Waals surface area contributed by atoms with Gasteiger partial charge in [0.15, 0.2) is 17.3 Å². The third-order valence-electron chi connectivity index (χ3n) is 3.85. The molecule has 24 heavy (non-hydrogen) atoms. The predicted molar refractivity (Wildman–Crippen MR) is 93.5 cm³/mol. The lowest BCUT2D eigenvalue weighted by atomic mass is 10.1. The maximum atomic E-state index is 9.69. The third-order valence-corrected chi connectivity index (χ3v) is 3.85. The van der Waals surface area contributed by atoms with E-state index in [1.54, 1.807) is 24.3 Å². The van der Waals surface area contributed by atoms with E-state index in [9.17, 15) is 10.4 Å². The van der Waals surface area contributed by atoms with Crippen molar-refractivity contribution in [3.05, 3.63) is 53.9 Å². The van der Waals surface area contributed by atoms with Gasteiger partial charge in [-0.05, 0) is 42.8 Å². The topological polar surface area (TPSA) is 71.1 Å². The minimum absolute atomic E-state index is 0.0638. The van der Waals surface area contributed by atoms with Crippen molar-refractivity contribution >= 4 is 22.7 Å². The van der Waals surface area contributed by atoms with Crippen LogP contribution in [0.4, 0.5) is 0 Å². The van der Waals surface area contributed by atoms with Crippen LogP contribution in [0.3, 0.4) is 0 Å². The molecule has 0 bridgehead atoms. The first-order valence-corrected chi connectivity index (χ1v) is 7.62. The van der Waals surface area contributed by atoms with Crippen molar-refractivity contribution in [3.63, 3.8) is 0 Å². The van der Waals surface area contributed by atoms with Crippen LogP contribution >= 0.6 is 0 Å². The highest BCUT2D eigenvalue weighted by atomic mass is 16.5. The molecule has 1 aromatic heterocycles. The van der Waals surface area contributed by atoms with Crippen molar-refractivity contribution in [1.82, 2.24) is 9.55 Å². The van der Waals surface area contributed by atoms with Crippen molar-refractivity contribution in [3.8, 4) is 17.6 Å².